The molecule has 1 aliphatic rings. The molecule has 2 N–H and O–H groups in total. The fourth-order valence-corrected chi connectivity index (χ4v) is 1.72. The van der Waals surface area contributed by atoms with E-state index in [2.05, 4.69) is 0 Å². The molecule has 86 valence electrons. The number of nitrogens with zero attached hydrogens (tertiary/aromatic N) is 1. The van der Waals surface area contributed by atoms with E-state index in [0.717, 1.165) is 0 Å². The van der Waals surface area contributed by atoms with Crippen LogP contribution in [0.2, 0.25) is 5.02 Å². The third-order valence-electron chi connectivity index (χ3n) is 2.45. The number of likely N-dealkylation sites (N-methyl/N-ethyl adjacent to an activating group) is 1. The summed E-state index contributed by atoms with van der Waals surface area (Å²) in [7, 11) is 1.54. The molecule has 0 spiro atoms. The van der Waals surface area contributed by atoms with Crippen LogP contribution in [-0.2, 0) is 4.79 Å². The van der Waals surface area contributed by atoms with Crippen molar-refractivity contribution in [2.75, 3.05) is 18.5 Å². The number of rotatable bonds is 1. The summed E-state index contributed by atoms with van der Waals surface area (Å²) < 4.78 is 18.6. The van der Waals surface area contributed by atoms with Crippen LogP contribution in [0, 0.1) is 5.82 Å². The van der Waals surface area contributed by atoms with Gasteiger partial charge >= 0.3 is 0 Å². The van der Waals surface area contributed by atoms with Crippen LogP contribution in [-0.4, -0.2) is 25.6 Å². The number of amides is 1. The van der Waals surface area contributed by atoms with Crippen molar-refractivity contribution in [3.05, 3.63) is 23.0 Å². The van der Waals surface area contributed by atoms with E-state index >= 15 is 0 Å². The van der Waals surface area contributed by atoms with Crippen LogP contribution < -0.4 is 15.4 Å². The Balaban J connectivity index is 2.50. The van der Waals surface area contributed by atoms with Gasteiger partial charge in [0.2, 0.25) is 0 Å². The molecule has 0 radical (unpaired) electrons. The monoisotopic (exact) mass is 244 g/mol. The molecule has 2 rings (SSSR count). The number of hydrogen-bond acceptors (Lipinski definition) is 3. The molecule has 16 heavy (non-hydrogen) atoms. The highest BCUT2D eigenvalue weighted by molar-refractivity contribution is 6.31. The first-order chi connectivity index (χ1) is 7.54. The highest BCUT2D eigenvalue weighted by Gasteiger charge is 2.32. The van der Waals surface area contributed by atoms with Crippen molar-refractivity contribution in [1.82, 2.24) is 0 Å². The number of nitrogens with two attached hydrogens (primary N) is 1. The number of carbonyl (C=O) groups is 1. The molecule has 0 saturated heterocycles. The molecule has 1 aromatic carbocycles. The van der Waals surface area contributed by atoms with Crippen LogP contribution in [0.25, 0.3) is 0 Å². The maximum atomic E-state index is 13.2. The second kappa shape index (κ2) is 3.92. The van der Waals surface area contributed by atoms with Crippen molar-refractivity contribution >= 4 is 23.2 Å². The Morgan fingerprint density at radius 1 is 1.62 bits per heavy atom. The standard InChI is InChI=1S/C10H10ClFN2O2/c1-14-7-3-6(12)5(11)2-8(7)16-9(4-13)10(14)15/h2-3,9H,4,13H2,1H3. The van der Waals surface area contributed by atoms with Crippen molar-refractivity contribution in [3.63, 3.8) is 0 Å². The third kappa shape index (κ3) is 1.62. The number of anilines is 1. The van der Waals surface area contributed by atoms with Gasteiger partial charge in [-0.1, -0.05) is 11.6 Å². The van der Waals surface area contributed by atoms with E-state index in [1.165, 1.54) is 17.0 Å². The van der Waals surface area contributed by atoms with E-state index in [4.69, 9.17) is 22.1 Å². The number of ether oxygens (including phenoxy) is 1. The average molecular weight is 245 g/mol. The Labute approximate surface area is 96.7 Å². The molecule has 6 heteroatoms. The zero-order valence-electron chi connectivity index (χ0n) is 8.54. The lowest BCUT2D eigenvalue weighted by Gasteiger charge is -2.31. The lowest BCUT2D eigenvalue weighted by Crippen LogP contribution is -2.47. The highest BCUT2D eigenvalue weighted by Crippen LogP contribution is 2.36. The second-order valence-electron chi connectivity index (χ2n) is 3.47. The summed E-state index contributed by atoms with van der Waals surface area (Å²) in [5.41, 5.74) is 5.76. The summed E-state index contributed by atoms with van der Waals surface area (Å²) in [4.78, 5) is 13.0. The minimum Gasteiger partial charge on any atom is -0.477 e. The van der Waals surface area contributed by atoms with Gasteiger partial charge in [-0.05, 0) is 0 Å². The Morgan fingerprint density at radius 3 is 2.94 bits per heavy atom. The normalized spacial score (nSPS) is 19.4. The average Bonchev–Trinajstić information content (AvgIpc) is 2.26. The summed E-state index contributed by atoms with van der Waals surface area (Å²) in [5, 5.41) is -0.0442. The molecule has 1 atom stereocenters. The molecule has 4 nitrogen and oxygen atoms in total. The smallest absolute Gasteiger partial charge is 0.269 e. The predicted molar refractivity (Wildman–Crippen MR) is 58.3 cm³/mol. The number of fused-ring (bicyclic) bond motifs is 1. The van der Waals surface area contributed by atoms with E-state index in [1.807, 2.05) is 0 Å². The summed E-state index contributed by atoms with van der Waals surface area (Å²) in [6.07, 6.45) is -0.737. The molecule has 1 aliphatic heterocycles. The fourth-order valence-electron chi connectivity index (χ4n) is 1.56. The molecule has 1 aromatic rings. The van der Waals surface area contributed by atoms with Gasteiger partial charge in [0.25, 0.3) is 5.91 Å². The van der Waals surface area contributed by atoms with Crippen molar-refractivity contribution in [2.45, 2.75) is 6.10 Å². The van der Waals surface area contributed by atoms with Gasteiger partial charge in [-0.15, -0.1) is 0 Å². The maximum Gasteiger partial charge on any atom is 0.269 e. The van der Waals surface area contributed by atoms with Crippen molar-refractivity contribution in [3.8, 4) is 5.75 Å². The first-order valence-electron chi connectivity index (χ1n) is 4.68. The number of halogens is 2. The molecule has 0 aliphatic carbocycles. The van der Waals surface area contributed by atoms with E-state index in [-0.39, 0.29) is 17.5 Å². The zero-order valence-corrected chi connectivity index (χ0v) is 9.29. The predicted octanol–water partition coefficient (Wildman–Crippen LogP) is 1.16. The minimum atomic E-state index is -0.737. The SMILES string of the molecule is CN1C(=O)C(CN)Oc2cc(Cl)c(F)cc21. The van der Waals surface area contributed by atoms with E-state index in [0.29, 0.717) is 11.4 Å². The summed E-state index contributed by atoms with van der Waals surface area (Å²) in [6, 6.07) is 2.51. The second-order valence-corrected chi connectivity index (χ2v) is 3.88. The lowest BCUT2D eigenvalue weighted by atomic mass is 10.2. The Kier molecular flexibility index (Phi) is 2.73. The summed E-state index contributed by atoms with van der Waals surface area (Å²) >= 11 is 5.63. The van der Waals surface area contributed by atoms with Gasteiger partial charge in [-0.25, -0.2) is 4.39 Å². The molecule has 0 bridgehead atoms. The first-order valence-corrected chi connectivity index (χ1v) is 5.05. The summed E-state index contributed by atoms with van der Waals surface area (Å²) in [5.74, 6) is -0.518. The van der Waals surface area contributed by atoms with Crippen molar-refractivity contribution < 1.29 is 13.9 Å². The largest absolute Gasteiger partial charge is 0.477 e. The van der Waals surface area contributed by atoms with Gasteiger partial charge in [0.1, 0.15) is 11.6 Å². The molecular formula is C10H10ClFN2O2. The molecule has 0 saturated carbocycles. The topological polar surface area (TPSA) is 55.6 Å². The number of carbonyl (C=O) groups excluding carboxylic acids is 1. The van der Waals surface area contributed by atoms with Crippen LogP contribution in [0.3, 0.4) is 0 Å². The maximum absolute atomic E-state index is 13.2. The van der Waals surface area contributed by atoms with Crippen LogP contribution in [0.5, 0.6) is 5.75 Å². The van der Waals surface area contributed by atoms with Gasteiger partial charge in [0.05, 0.1) is 10.7 Å². The van der Waals surface area contributed by atoms with E-state index in [1.54, 1.807) is 7.05 Å². The van der Waals surface area contributed by atoms with Gasteiger partial charge in [0, 0.05) is 25.7 Å². The minimum absolute atomic E-state index is 0.0442. The van der Waals surface area contributed by atoms with Gasteiger partial charge < -0.3 is 15.4 Å². The first kappa shape index (κ1) is 11.2. The lowest BCUT2D eigenvalue weighted by molar-refractivity contribution is -0.125. The third-order valence-corrected chi connectivity index (χ3v) is 2.74. The fraction of sp³-hybridized carbons (Fsp3) is 0.300. The highest BCUT2D eigenvalue weighted by atomic mass is 35.5. The van der Waals surface area contributed by atoms with Gasteiger partial charge in [-0.2, -0.15) is 0 Å². The molecule has 1 unspecified atom stereocenters. The van der Waals surface area contributed by atoms with Gasteiger partial charge in [-0.3, -0.25) is 4.79 Å². The summed E-state index contributed by atoms with van der Waals surface area (Å²) in [6.45, 7) is 0.0671. The van der Waals surface area contributed by atoms with Crippen LogP contribution in [0.1, 0.15) is 0 Å². The number of benzene rings is 1. The van der Waals surface area contributed by atoms with E-state index in [9.17, 15) is 9.18 Å². The van der Waals surface area contributed by atoms with Crippen molar-refractivity contribution in [2.24, 2.45) is 5.73 Å². The quantitative estimate of drug-likeness (QED) is 0.807. The van der Waals surface area contributed by atoms with Crippen LogP contribution in [0.15, 0.2) is 12.1 Å². The van der Waals surface area contributed by atoms with Crippen LogP contribution >= 0.6 is 11.6 Å². The molecule has 1 heterocycles. The van der Waals surface area contributed by atoms with Crippen molar-refractivity contribution in [1.29, 1.82) is 0 Å². The molecule has 0 aromatic heterocycles. The molecule has 0 fully saturated rings. The van der Waals surface area contributed by atoms with E-state index < -0.39 is 11.9 Å². The Morgan fingerprint density at radius 2 is 2.31 bits per heavy atom. The zero-order chi connectivity index (χ0) is 11.9. The Bertz CT molecular complexity index is 453. The van der Waals surface area contributed by atoms with Crippen LogP contribution in [0.4, 0.5) is 10.1 Å². The molecule has 1 amide bonds. The number of hydrogen-bond donors (Lipinski definition) is 1. The Hall–Kier alpha value is -1.33. The van der Waals surface area contributed by atoms with Gasteiger partial charge in [0.15, 0.2) is 6.10 Å². The molecular weight excluding hydrogens is 235 g/mol.